The second-order valence-electron chi connectivity index (χ2n) is 4.93. The summed E-state index contributed by atoms with van der Waals surface area (Å²) in [5, 5.41) is 3.33. The average molecular weight is 273 g/mol. The van der Waals surface area contributed by atoms with E-state index < -0.39 is 12.6 Å². The Kier molecular flexibility index (Phi) is 6.35. The molecule has 0 amide bonds. The molecule has 0 heterocycles. The number of aryl methyl sites for hydroxylation is 1. The molecule has 1 unspecified atom stereocenters. The van der Waals surface area contributed by atoms with Gasteiger partial charge in [-0.15, -0.1) is 0 Å². The lowest BCUT2D eigenvalue weighted by Gasteiger charge is -2.20. The molecule has 4 heteroatoms. The fourth-order valence-corrected chi connectivity index (χ4v) is 2.10. The summed E-state index contributed by atoms with van der Waals surface area (Å²) in [7, 11) is 0. The van der Waals surface area contributed by atoms with Crippen molar-refractivity contribution in [2.45, 2.75) is 51.7 Å². The van der Waals surface area contributed by atoms with Crippen molar-refractivity contribution in [3.05, 3.63) is 35.4 Å². The molecule has 0 bridgehead atoms. The molecular formula is C15H22F3N. The molecule has 0 aliphatic rings. The number of rotatable bonds is 7. The first kappa shape index (κ1) is 16.0. The second-order valence-corrected chi connectivity index (χ2v) is 4.93. The summed E-state index contributed by atoms with van der Waals surface area (Å²) in [5.41, 5.74) is 2.22. The molecule has 0 fully saturated rings. The van der Waals surface area contributed by atoms with Crippen LogP contribution in [0.5, 0.6) is 0 Å². The minimum absolute atomic E-state index is 0.0159. The lowest BCUT2D eigenvalue weighted by Crippen LogP contribution is -2.22. The molecule has 1 aromatic rings. The number of hydrogen-bond acceptors (Lipinski definition) is 1. The first-order valence-corrected chi connectivity index (χ1v) is 6.79. The summed E-state index contributed by atoms with van der Waals surface area (Å²) in [6.07, 6.45) is -3.10. The number of hydrogen-bond donors (Lipinski definition) is 1. The molecule has 19 heavy (non-hydrogen) atoms. The summed E-state index contributed by atoms with van der Waals surface area (Å²) in [6.45, 7) is 4.87. The lowest BCUT2D eigenvalue weighted by molar-refractivity contribution is -0.135. The van der Waals surface area contributed by atoms with Gasteiger partial charge in [0.15, 0.2) is 0 Å². The van der Waals surface area contributed by atoms with E-state index >= 15 is 0 Å². The first-order valence-electron chi connectivity index (χ1n) is 6.79. The molecule has 0 spiro atoms. The highest BCUT2D eigenvalue weighted by molar-refractivity contribution is 5.25. The van der Waals surface area contributed by atoms with Crippen LogP contribution >= 0.6 is 0 Å². The standard InChI is InChI=1S/C15H22F3N/c1-3-10-19-14(8-5-9-15(16,17)18)13-7-4-6-12(2)11-13/h4,6-7,11,14,19H,3,5,8-10H2,1-2H3. The van der Waals surface area contributed by atoms with Gasteiger partial charge in [0.05, 0.1) is 0 Å². The smallest absolute Gasteiger partial charge is 0.310 e. The normalized spacial score (nSPS) is 13.5. The highest BCUT2D eigenvalue weighted by atomic mass is 19.4. The highest BCUT2D eigenvalue weighted by Gasteiger charge is 2.26. The molecule has 1 aromatic carbocycles. The number of alkyl halides is 3. The topological polar surface area (TPSA) is 12.0 Å². The van der Waals surface area contributed by atoms with Gasteiger partial charge in [-0.3, -0.25) is 0 Å². The molecule has 0 aromatic heterocycles. The van der Waals surface area contributed by atoms with Crippen molar-refractivity contribution in [3.63, 3.8) is 0 Å². The maximum Gasteiger partial charge on any atom is 0.389 e. The van der Waals surface area contributed by atoms with Crippen LogP contribution in [0.1, 0.15) is 49.8 Å². The molecule has 0 saturated carbocycles. The molecule has 1 rings (SSSR count). The second kappa shape index (κ2) is 7.53. The summed E-state index contributed by atoms with van der Waals surface area (Å²) >= 11 is 0. The number of benzene rings is 1. The first-order chi connectivity index (χ1) is 8.92. The van der Waals surface area contributed by atoms with Crippen LogP contribution in [0.4, 0.5) is 13.2 Å². The van der Waals surface area contributed by atoms with Crippen molar-refractivity contribution in [2.75, 3.05) is 6.54 Å². The van der Waals surface area contributed by atoms with Crippen molar-refractivity contribution in [1.82, 2.24) is 5.32 Å². The van der Waals surface area contributed by atoms with Gasteiger partial charge >= 0.3 is 6.18 Å². The van der Waals surface area contributed by atoms with Gasteiger partial charge in [-0.05, 0) is 38.3 Å². The maximum absolute atomic E-state index is 12.2. The van der Waals surface area contributed by atoms with Crippen LogP contribution in [0.25, 0.3) is 0 Å². The van der Waals surface area contributed by atoms with Crippen molar-refractivity contribution in [3.8, 4) is 0 Å². The van der Waals surface area contributed by atoms with E-state index in [1.165, 1.54) is 0 Å². The minimum Gasteiger partial charge on any atom is -0.310 e. The van der Waals surface area contributed by atoms with E-state index in [1.807, 2.05) is 31.2 Å². The Bertz CT molecular complexity index is 374. The van der Waals surface area contributed by atoms with Gasteiger partial charge in [-0.25, -0.2) is 0 Å². The zero-order chi connectivity index (χ0) is 14.3. The van der Waals surface area contributed by atoms with Crippen molar-refractivity contribution >= 4 is 0 Å². The summed E-state index contributed by atoms with van der Waals surface area (Å²) in [4.78, 5) is 0. The van der Waals surface area contributed by atoms with Crippen LogP contribution in [0.15, 0.2) is 24.3 Å². The van der Waals surface area contributed by atoms with Crippen molar-refractivity contribution < 1.29 is 13.2 Å². The quantitative estimate of drug-likeness (QED) is 0.754. The Morgan fingerprint density at radius 1 is 1.26 bits per heavy atom. The fraction of sp³-hybridized carbons (Fsp3) is 0.600. The molecule has 0 aliphatic carbocycles. The monoisotopic (exact) mass is 273 g/mol. The Balaban J connectivity index is 2.61. The predicted molar refractivity (Wildman–Crippen MR) is 72.1 cm³/mol. The Hall–Kier alpha value is -1.03. The molecule has 108 valence electrons. The van der Waals surface area contributed by atoms with Crippen LogP contribution in [-0.2, 0) is 0 Å². The van der Waals surface area contributed by atoms with E-state index in [1.54, 1.807) is 0 Å². The van der Waals surface area contributed by atoms with Crippen LogP contribution < -0.4 is 5.32 Å². The lowest BCUT2D eigenvalue weighted by atomic mass is 9.99. The minimum atomic E-state index is -4.05. The van der Waals surface area contributed by atoms with Gasteiger partial charge < -0.3 is 5.32 Å². The van der Waals surface area contributed by atoms with Crippen LogP contribution in [0.3, 0.4) is 0 Å². The van der Waals surface area contributed by atoms with Crippen molar-refractivity contribution in [2.24, 2.45) is 0 Å². The molecular weight excluding hydrogens is 251 g/mol. The summed E-state index contributed by atoms with van der Waals surface area (Å²) in [6, 6.07) is 7.99. The highest BCUT2D eigenvalue weighted by Crippen LogP contribution is 2.26. The largest absolute Gasteiger partial charge is 0.389 e. The third kappa shape index (κ3) is 6.62. The summed E-state index contributed by atoms with van der Waals surface area (Å²) in [5.74, 6) is 0. The van der Waals surface area contributed by atoms with E-state index in [9.17, 15) is 13.2 Å². The van der Waals surface area contributed by atoms with E-state index in [0.717, 1.165) is 24.1 Å². The Labute approximate surface area is 113 Å². The summed E-state index contributed by atoms with van der Waals surface area (Å²) < 4.78 is 36.6. The van der Waals surface area contributed by atoms with Crippen LogP contribution in [0.2, 0.25) is 0 Å². The molecule has 1 N–H and O–H groups in total. The third-order valence-electron chi connectivity index (χ3n) is 3.04. The van der Waals surface area contributed by atoms with Gasteiger partial charge in [0.1, 0.15) is 0 Å². The SMILES string of the molecule is CCCNC(CCCC(F)(F)F)c1cccc(C)c1. The van der Waals surface area contributed by atoms with E-state index in [-0.39, 0.29) is 12.5 Å². The number of nitrogens with one attached hydrogen (secondary N) is 1. The molecule has 1 nitrogen and oxygen atoms in total. The van der Waals surface area contributed by atoms with Gasteiger partial charge in [0, 0.05) is 12.5 Å². The predicted octanol–water partition coefficient (Wildman–Crippen LogP) is 4.77. The van der Waals surface area contributed by atoms with Crippen LogP contribution in [-0.4, -0.2) is 12.7 Å². The van der Waals surface area contributed by atoms with Gasteiger partial charge in [-0.1, -0.05) is 36.8 Å². The molecule has 0 saturated heterocycles. The van der Waals surface area contributed by atoms with Crippen molar-refractivity contribution in [1.29, 1.82) is 0 Å². The zero-order valence-corrected chi connectivity index (χ0v) is 11.6. The van der Waals surface area contributed by atoms with E-state index in [4.69, 9.17) is 0 Å². The van der Waals surface area contributed by atoms with Gasteiger partial charge in [0.2, 0.25) is 0 Å². The number of halogens is 3. The third-order valence-corrected chi connectivity index (χ3v) is 3.04. The van der Waals surface area contributed by atoms with Crippen LogP contribution in [0, 0.1) is 6.92 Å². The zero-order valence-electron chi connectivity index (χ0n) is 11.6. The molecule has 0 aliphatic heterocycles. The fourth-order valence-electron chi connectivity index (χ4n) is 2.10. The molecule has 0 radical (unpaired) electrons. The van der Waals surface area contributed by atoms with Gasteiger partial charge in [-0.2, -0.15) is 13.2 Å². The Morgan fingerprint density at radius 3 is 2.58 bits per heavy atom. The average Bonchev–Trinajstić information content (AvgIpc) is 2.32. The maximum atomic E-state index is 12.2. The Morgan fingerprint density at radius 2 is 2.00 bits per heavy atom. The van der Waals surface area contributed by atoms with E-state index in [2.05, 4.69) is 12.2 Å². The van der Waals surface area contributed by atoms with Gasteiger partial charge in [0.25, 0.3) is 0 Å². The van der Waals surface area contributed by atoms with E-state index in [0.29, 0.717) is 6.42 Å². The molecule has 1 atom stereocenters.